The molecule has 0 heterocycles. The van der Waals surface area contributed by atoms with Crippen LogP contribution in [-0.2, 0) is 9.53 Å². The van der Waals surface area contributed by atoms with Crippen LogP contribution < -0.4 is 0 Å². The summed E-state index contributed by atoms with van der Waals surface area (Å²) in [5.74, 6) is 0.550. The van der Waals surface area contributed by atoms with Crippen LogP contribution >= 0.6 is 15.9 Å². The van der Waals surface area contributed by atoms with Gasteiger partial charge in [-0.15, -0.1) is 0 Å². The number of halogens is 1. The highest BCUT2D eigenvalue weighted by Gasteiger charge is 2.36. The molecule has 0 saturated carbocycles. The van der Waals surface area contributed by atoms with E-state index in [0.717, 1.165) is 17.3 Å². The summed E-state index contributed by atoms with van der Waals surface area (Å²) in [6, 6.07) is 0. The number of ether oxygens (including phenoxy) is 1. The van der Waals surface area contributed by atoms with Gasteiger partial charge in [0.15, 0.2) is 5.78 Å². The molecule has 0 bridgehead atoms. The molecule has 0 aromatic heterocycles. The smallest absolute Gasteiger partial charge is 0.158 e. The lowest BCUT2D eigenvalue weighted by Crippen LogP contribution is -2.40. The molecule has 2 atom stereocenters. The van der Waals surface area contributed by atoms with Crippen LogP contribution in [0.1, 0.15) is 26.7 Å². The molecule has 0 N–H and O–H groups in total. The molecule has 0 saturated heterocycles. The maximum absolute atomic E-state index is 11.5. The molecule has 0 fully saturated rings. The van der Waals surface area contributed by atoms with Gasteiger partial charge in [0, 0.05) is 18.9 Å². The Bertz CT molecular complexity index is 254. The summed E-state index contributed by atoms with van der Waals surface area (Å²) in [4.78, 5) is 11.5. The first-order valence-electron chi connectivity index (χ1n) is 4.84. The zero-order chi connectivity index (χ0) is 10.8. The second-order valence-electron chi connectivity index (χ2n) is 4.10. The highest BCUT2D eigenvalue weighted by molar-refractivity contribution is 9.09. The Morgan fingerprint density at radius 3 is 2.79 bits per heavy atom. The van der Waals surface area contributed by atoms with Gasteiger partial charge in [-0.25, -0.2) is 0 Å². The molecule has 3 heteroatoms. The molecule has 1 unspecified atom stereocenters. The Hall–Kier alpha value is -0.150. The van der Waals surface area contributed by atoms with E-state index in [9.17, 15) is 4.79 Å². The second kappa shape index (κ2) is 4.58. The number of hydrogen-bond donors (Lipinski definition) is 0. The maximum atomic E-state index is 11.5. The van der Waals surface area contributed by atoms with Crippen LogP contribution in [0.15, 0.2) is 11.6 Å². The van der Waals surface area contributed by atoms with Crippen LogP contribution in [0.5, 0.6) is 0 Å². The third kappa shape index (κ3) is 2.26. The van der Waals surface area contributed by atoms with E-state index in [2.05, 4.69) is 15.9 Å². The van der Waals surface area contributed by atoms with Crippen molar-refractivity contribution in [2.24, 2.45) is 5.92 Å². The lowest BCUT2D eigenvalue weighted by atomic mass is 9.79. The van der Waals surface area contributed by atoms with Gasteiger partial charge in [-0.3, -0.25) is 4.79 Å². The van der Waals surface area contributed by atoms with Gasteiger partial charge in [-0.2, -0.15) is 0 Å². The average molecular weight is 261 g/mol. The fourth-order valence-corrected chi connectivity index (χ4v) is 2.38. The van der Waals surface area contributed by atoms with Gasteiger partial charge in [0.2, 0.25) is 0 Å². The van der Waals surface area contributed by atoms with Crippen LogP contribution in [0.2, 0.25) is 0 Å². The van der Waals surface area contributed by atoms with Crippen molar-refractivity contribution in [1.82, 2.24) is 0 Å². The molecule has 80 valence electrons. The molecule has 1 rings (SSSR count). The van der Waals surface area contributed by atoms with Crippen molar-refractivity contribution in [2.75, 3.05) is 12.4 Å². The first-order valence-corrected chi connectivity index (χ1v) is 5.96. The lowest BCUT2D eigenvalue weighted by molar-refractivity contribution is -0.120. The topological polar surface area (TPSA) is 26.3 Å². The fraction of sp³-hybridized carbons (Fsp3) is 0.727. The Balaban J connectivity index is 2.77. The first-order chi connectivity index (χ1) is 6.53. The monoisotopic (exact) mass is 260 g/mol. The summed E-state index contributed by atoms with van der Waals surface area (Å²) in [6.45, 7) is 3.94. The van der Waals surface area contributed by atoms with Crippen molar-refractivity contribution in [3.05, 3.63) is 11.6 Å². The predicted molar refractivity (Wildman–Crippen MR) is 60.7 cm³/mol. The molecule has 0 radical (unpaired) electrons. The summed E-state index contributed by atoms with van der Waals surface area (Å²) >= 11 is 3.45. The maximum Gasteiger partial charge on any atom is 0.158 e. The summed E-state index contributed by atoms with van der Waals surface area (Å²) < 4.78 is 5.48. The first kappa shape index (κ1) is 11.9. The predicted octanol–water partition coefficient (Wildman–Crippen LogP) is 2.71. The molecule has 2 nitrogen and oxygen atoms in total. The number of rotatable bonds is 3. The van der Waals surface area contributed by atoms with E-state index in [0.29, 0.717) is 12.3 Å². The van der Waals surface area contributed by atoms with Gasteiger partial charge in [0.1, 0.15) is 0 Å². The molecule has 1 aliphatic carbocycles. The van der Waals surface area contributed by atoms with Gasteiger partial charge in [0.25, 0.3) is 0 Å². The minimum absolute atomic E-state index is 0.229. The Morgan fingerprint density at radius 1 is 1.71 bits per heavy atom. The third-order valence-corrected chi connectivity index (χ3v) is 4.29. The molecule has 0 aromatic rings. The lowest BCUT2D eigenvalue weighted by Gasteiger charge is -2.36. The minimum atomic E-state index is -0.229. The van der Waals surface area contributed by atoms with Crippen LogP contribution in [0.3, 0.4) is 0 Å². The average Bonchev–Trinajstić information content (AvgIpc) is 2.21. The normalized spacial score (nSPS) is 27.0. The molecule has 0 aromatic carbocycles. The van der Waals surface area contributed by atoms with Crippen LogP contribution in [0.25, 0.3) is 0 Å². The number of allylic oxidation sites excluding steroid dienone is 2. The molecule has 14 heavy (non-hydrogen) atoms. The van der Waals surface area contributed by atoms with Gasteiger partial charge >= 0.3 is 0 Å². The quantitative estimate of drug-likeness (QED) is 0.730. The zero-order valence-electron chi connectivity index (χ0n) is 8.97. The molecule has 0 aliphatic heterocycles. The van der Waals surface area contributed by atoms with Crippen molar-refractivity contribution >= 4 is 21.7 Å². The standard InChI is InChI=1S/C11H17BrO2/c1-8-4-5-9(6-10(8)13)11(2,7-12)14-3/h4,9H,5-7H2,1-3H3/t9-,11?/m0/s1. The van der Waals surface area contributed by atoms with Gasteiger partial charge in [0.05, 0.1) is 5.60 Å². The van der Waals surface area contributed by atoms with Crippen LogP contribution in [0, 0.1) is 5.92 Å². The van der Waals surface area contributed by atoms with E-state index >= 15 is 0 Å². The van der Waals surface area contributed by atoms with Crippen LogP contribution in [0.4, 0.5) is 0 Å². The van der Waals surface area contributed by atoms with Crippen molar-refractivity contribution in [3.8, 4) is 0 Å². The summed E-state index contributed by atoms with van der Waals surface area (Å²) in [6.07, 6.45) is 3.57. The molecular formula is C11H17BrO2. The second-order valence-corrected chi connectivity index (χ2v) is 4.66. The van der Waals surface area contributed by atoms with Crippen LogP contribution in [-0.4, -0.2) is 23.8 Å². The van der Waals surface area contributed by atoms with Crippen molar-refractivity contribution < 1.29 is 9.53 Å². The molecular weight excluding hydrogens is 244 g/mol. The van der Waals surface area contributed by atoms with E-state index in [-0.39, 0.29) is 11.4 Å². The number of hydrogen-bond acceptors (Lipinski definition) is 2. The van der Waals surface area contributed by atoms with Gasteiger partial charge in [-0.05, 0) is 31.8 Å². The van der Waals surface area contributed by atoms with E-state index in [4.69, 9.17) is 4.74 Å². The Kier molecular flexibility index (Phi) is 3.90. The number of Topliss-reactive ketones (excluding diaryl/α,β-unsaturated/α-hetero) is 1. The Morgan fingerprint density at radius 2 is 2.36 bits per heavy atom. The van der Waals surface area contributed by atoms with E-state index < -0.39 is 0 Å². The number of carbonyl (C=O) groups is 1. The van der Waals surface area contributed by atoms with Crippen molar-refractivity contribution in [3.63, 3.8) is 0 Å². The fourth-order valence-electron chi connectivity index (χ4n) is 1.70. The van der Waals surface area contributed by atoms with Gasteiger partial charge < -0.3 is 4.74 Å². The summed E-state index contributed by atoms with van der Waals surface area (Å²) in [7, 11) is 1.71. The number of alkyl halides is 1. The number of methoxy groups -OCH3 is 1. The highest BCUT2D eigenvalue weighted by atomic mass is 79.9. The van der Waals surface area contributed by atoms with Gasteiger partial charge in [-0.1, -0.05) is 22.0 Å². The van der Waals surface area contributed by atoms with Crippen molar-refractivity contribution in [1.29, 1.82) is 0 Å². The van der Waals surface area contributed by atoms with E-state index in [1.807, 2.05) is 19.9 Å². The van der Waals surface area contributed by atoms with E-state index in [1.54, 1.807) is 7.11 Å². The molecule has 0 amide bonds. The zero-order valence-corrected chi connectivity index (χ0v) is 10.6. The number of carbonyl (C=O) groups excluding carboxylic acids is 1. The largest absolute Gasteiger partial charge is 0.377 e. The highest BCUT2D eigenvalue weighted by Crippen LogP contribution is 2.33. The third-order valence-electron chi connectivity index (χ3n) is 3.18. The minimum Gasteiger partial charge on any atom is -0.377 e. The SMILES string of the molecule is COC(C)(CBr)[C@H]1CC=C(C)C(=O)C1. The van der Waals surface area contributed by atoms with Crippen molar-refractivity contribution in [2.45, 2.75) is 32.3 Å². The summed E-state index contributed by atoms with van der Waals surface area (Å²) in [5.41, 5.74) is 0.668. The van der Waals surface area contributed by atoms with E-state index in [1.165, 1.54) is 0 Å². The molecule has 0 spiro atoms. The summed E-state index contributed by atoms with van der Waals surface area (Å²) in [5, 5.41) is 0.765. The molecule has 1 aliphatic rings. The number of ketones is 1. The Labute approximate surface area is 93.8 Å².